The summed E-state index contributed by atoms with van der Waals surface area (Å²) in [5, 5.41) is 20.0. The molecule has 0 aliphatic heterocycles. The van der Waals surface area contributed by atoms with Crippen molar-refractivity contribution in [1.29, 1.82) is 0 Å². The highest BCUT2D eigenvalue weighted by atomic mass is 32.1. The zero-order chi connectivity index (χ0) is 98.2. The number of aromatic nitrogens is 6. The van der Waals surface area contributed by atoms with Crippen LogP contribution in [0.2, 0.25) is 0 Å². The number of hydrogen-bond donors (Lipinski definition) is 0. The van der Waals surface area contributed by atoms with Crippen molar-refractivity contribution in [2.75, 3.05) is 0 Å². The first kappa shape index (κ1) is 86.4. The molecule has 149 heavy (non-hydrogen) atoms. The maximum Gasteiger partial charge on any atom is 0.136 e. The molecule has 0 atom stereocenters. The summed E-state index contributed by atoms with van der Waals surface area (Å²) in [6, 6.07) is 176. The predicted molar refractivity (Wildman–Crippen MR) is 636 cm³/mol. The lowest BCUT2D eigenvalue weighted by Gasteiger charge is -2.21. The maximum absolute atomic E-state index is 6.36. The normalized spacial score (nSPS) is 12.4. The Hall–Kier alpha value is -18.1. The number of furan rings is 1. The third kappa shape index (κ3) is 14.4. The molecule has 1 aliphatic rings. The van der Waals surface area contributed by atoms with Crippen LogP contribution in [0.15, 0.2) is 490 Å². The lowest BCUT2D eigenvalue weighted by molar-refractivity contribution is 0.661. The van der Waals surface area contributed by atoms with E-state index in [9.17, 15) is 0 Å². The Morgan fingerprint density at radius 2 is 0.530 bits per heavy atom. The first-order valence-corrected chi connectivity index (χ1v) is 53.9. The highest BCUT2D eigenvalue weighted by Crippen LogP contribution is 2.54. The second-order valence-electron chi connectivity index (χ2n) is 39.5. The van der Waals surface area contributed by atoms with E-state index in [-0.39, 0.29) is 5.41 Å². The molecule has 0 fully saturated rings. The summed E-state index contributed by atoms with van der Waals surface area (Å²) in [7, 11) is 0. The zero-order valence-corrected chi connectivity index (χ0v) is 84.2. The fourth-order valence-electron chi connectivity index (χ4n) is 23.5. The van der Waals surface area contributed by atoms with Gasteiger partial charge in [-0.3, -0.25) is 0 Å². The van der Waals surface area contributed by atoms with Gasteiger partial charge in [0.2, 0.25) is 0 Å². The molecule has 0 saturated heterocycles. The molecular weight excluding hydrogens is 1890 g/mol. The Balaban J connectivity index is 0.000000103. The van der Waals surface area contributed by atoms with Crippen molar-refractivity contribution >= 4 is 213 Å². The molecular formula is C138H86N6OS4. The molecule has 11 aromatic heterocycles. The van der Waals surface area contributed by atoms with Crippen molar-refractivity contribution in [1.82, 2.24) is 28.7 Å². The van der Waals surface area contributed by atoms with E-state index in [4.69, 9.17) is 19.4 Å². The molecule has 11 heteroatoms. The number of benzene rings is 20. The number of pyridine rings is 3. The minimum Gasteiger partial charge on any atom is -0.456 e. The number of hydrogen-bond acceptors (Lipinski definition) is 8. The van der Waals surface area contributed by atoms with Gasteiger partial charge in [-0.15, -0.1) is 45.3 Å². The summed E-state index contributed by atoms with van der Waals surface area (Å²) in [4.78, 5) is 16.2. The Kier molecular flexibility index (Phi) is 20.1. The van der Waals surface area contributed by atoms with Gasteiger partial charge in [0.15, 0.2) is 0 Å². The van der Waals surface area contributed by atoms with Crippen molar-refractivity contribution in [3.05, 3.63) is 496 Å². The molecule has 0 radical (unpaired) electrons. The molecule has 698 valence electrons. The van der Waals surface area contributed by atoms with E-state index in [0.717, 1.165) is 123 Å². The van der Waals surface area contributed by atoms with Gasteiger partial charge < -0.3 is 18.1 Å². The monoisotopic (exact) mass is 1970 g/mol. The Morgan fingerprint density at radius 3 is 1.10 bits per heavy atom. The van der Waals surface area contributed by atoms with Crippen LogP contribution in [0.3, 0.4) is 0 Å². The van der Waals surface area contributed by atoms with Crippen molar-refractivity contribution in [2.24, 2.45) is 0 Å². The van der Waals surface area contributed by atoms with Crippen molar-refractivity contribution < 1.29 is 4.42 Å². The maximum atomic E-state index is 6.36. The zero-order valence-electron chi connectivity index (χ0n) is 80.9. The van der Waals surface area contributed by atoms with Gasteiger partial charge in [0.05, 0.1) is 84.3 Å². The van der Waals surface area contributed by atoms with E-state index in [2.05, 4.69) is 501 Å². The topological polar surface area (TPSA) is 66.6 Å². The van der Waals surface area contributed by atoms with Crippen LogP contribution in [0.5, 0.6) is 0 Å². The van der Waals surface area contributed by atoms with Crippen molar-refractivity contribution in [2.45, 2.75) is 19.3 Å². The number of thiophene rings is 4. The molecule has 11 heterocycles. The molecule has 0 saturated carbocycles. The minimum absolute atomic E-state index is 0.0741. The summed E-state index contributed by atoms with van der Waals surface area (Å²) in [6.45, 7) is 4.72. The summed E-state index contributed by atoms with van der Waals surface area (Å²) in [5.74, 6) is 0. The van der Waals surface area contributed by atoms with Crippen LogP contribution in [-0.2, 0) is 5.41 Å². The van der Waals surface area contributed by atoms with E-state index >= 15 is 0 Å². The molecule has 20 aromatic carbocycles. The quantitative estimate of drug-likeness (QED) is 0.129. The van der Waals surface area contributed by atoms with Gasteiger partial charge in [-0.1, -0.05) is 354 Å². The van der Waals surface area contributed by atoms with Gasteiger partial charge in [0.25, 0.3) is 0 Å². The molecule has 0 bridgehead atoms. The summed E-state index contributed by atoms with van der Waals surface area (Å²) < 4.78 is 24.0. The average molecular weight is 1970 g/mol. The number of rotatable bonds is 11. The van der Waals surface area contributed by atoms with Crippen LogP contribution in [0.25, 0.3) is 286 Å². The van der Waals surface area contributed by atoms with Crippen LogP contribution in [0, 0.1) is 0 Å². The highest BCUT2D eigenvalue weighted by molar-refractivity contribution is 7.27. The van der Waals surface area contributed by atoms with Gasteiger partial charge in [0.1, 0.15) is 11.2 Å². The van der Waals surface area contributed by atoms with E-state index in [1.807, 2.05) is 57.5 Å². The third-order valence-corrected chi connectivity index (χ3v) is 35.1. The second-order valence-corrected chi connectivity index (χ2v) is 43.8. The number of para-hydroxylation sites is 4. The van der Waals surface area contributed by atoms with Crippen LogP contribution in [0.4, 0.5) is 0 Å². The first-order valence-electron chi connectivity index (χ1n) is 50.6. The smallest absolute Gasteiger partial charge is 0.136 e. The lowest BCUT2D eigenvalue weighted by Crippen LogP contribution is -2.14. The summed E-state index contributed by atoms with van der Waals surface area (Å²) in [6.07, 6.45) is 0. The Labute approximate surface area is 873 Å². The minimum atomic E-state index is -0.0741. The number of nitrogens with zero attached hydrogens (tertiary/aromatic N) is 6. The SMILES string of the molecule is CC1(C)c2ccccc2-c2cc3c(cc21)c1ccccc1n3-c1cc(-c2cccc(-c3ccccc3)c2)nc(-c2ccc3c(c2)sc2ccccc23)c1.c1ccc(-c2cc(-n3c4ccccc4c4cc5sc6ccccc6c5cc43)cc(-c3cccc4sc5ccccc5c34)n2)cc1.c1ccc(-c2ccc(-c3cc(-n4c5ccccc5c5cc6oc7ccccc7c6cc54)cc(-c4ccc5c(c4)sc4ccccc45)n3)cc2)cc1. The standard InChI is InChI=1S/C50H34N2S.C47H28N2OS.C41H24N2S2/c1-50(2)42-20-9-6-17-36(42)40-30-47-41(29-43(40)50)37-18-7-10-21-46(37)52(47)35-27-44(33-16-12-15-32(25-33)31-13-4-3-5-14-31)51-45(28-35)34-23-24-39-38-19-8-11-22-48(38)53-49(39)26-34;1-2-10-29(11-3-1)30-18-20-31(21-19-30)40-25-33(26-41(48-40)32-22-23-37-36-14-6-9-17-46(36)51-47(37)24-32)49-42-15-7-4-12-34(42)38-28-45-39(27-43(38)49)35-13-5-8-16-44(35)50-45;1-2-11-25(12-3-1)33-21-26(22-34(42-33)29-16-10-20-39-41(29)30-15-6-9-19-38(30)44-39)43-35-17-7-4-13-27(35)31-24-40-32(23-36(31)43)28-14-5-8-18-37(28)45-40/h3-30H,1-2H3;1-28H;1-24H. The van der Waals surface area contributed by atoms with E-state index < -0.39 is 0 Å². The van der Waals surface area contributed by atoms with Gasteiger partial charge in [-0.05, 0) is 190 Å². The second kappa shape index (κ2) is 34.6. The van der Waals surface area contributed by atoms with Gasteiger partial charge >= 0.3 is 0 Å². The van der Waals surface area contributed by atoms with Crippen molar-refractivity contribution in [3.63, 3.8) is 0 Å². The Bertz CT molecular complexity index is 10900. The molecule has 31 aromatic rings. The van der Waals surface area contributed by atoms with Gasteiger partial charge in [-0.25, -0.2) is 15.0 Å². The van der Waals surface area contributed by atoms with E-state index in [0.29, 0.717) is 0 Å². The van der Waals surface area contributed by atoms with Crippen LogP contribution in [0.1, 0.15) is 25.0 Å². The molecule has 0 spiro atoms. The predicted octanol–water partition coefficient (Wildman–Crippen LogP) is 39.5. The number of fused-ring (bicyclic) bond motifs is 27. The van der Waals surface area contributed by atoms with Gasteiger partial charge in [0, 0.05) is 163 Å². The van der Waals surface area contributed by atoms with Crippen molar-refractivity contribution in [3.8, 4) is 118 Å². The molecule has 32 rings (SSSR count). The molecule has 1 aliphatic carbocycles. The van der Waals surface area contributed by atoms with E-state index in [1.54, 1.807) is 0 Å². The highest BCUT2D eigenvalue weighted by Gasteiger charge is 2.37. The molecule has 0 unspecified atom stereocenters. The molecule has 0 N–H and O–H groups in total. The fourth-order valence-corrected chi connectivity index (χ4v) is 28.1. The van der Waals surface area contributed by atoms with Crippen LogP contribution < -0.4 is 0 Å². The largest absolute Gasteiger partial charge is 0.456 e. The van der Waals surface area contributed by atoms with Crippen LogP contribution >= 0.6 is 45.3 Å². The molecule has 7 nitrogen and oxygen atoms in total. The van der Waals surface area contributed by atoms with E-state index in [1.165, 1.54) is 174 Å². The van der Waals surface area contributed by atoms with Gasteiger partial charge in [-0.2, -0.15) is 0 Å². The fraction of sp³-hybridized carbons (Fsp3) is 0.0217. The summed E-state index contributed by atoms with van der Waals surface area (Å²) >= 11 is 7.41. The van der Waals surface area contributed by atoms with Crippen LogP contribution in [-0.4, -0.2) is 28.7 Å². The first-order chi connectivity index (χ1) is 73.6. The average Bonchev–Trinajstić information content (AvgIpc) is 1.55. The summed E-state index contributed by atoms with van der Waals surface area (Å²) in [5.41, 5.74) is 34.7. The Morgan fingerprint density at radius 1 is 0.181 bits per heavy atom. The lowest BCUT2D eigenvalue weighted by atomic mass is 9.82. The third-order valence-electron chi connectivity index (χ3n) is 30.6. The molecule has 0 amide bonds.